The van der Waals surface area contributed by atoms with Gasteiger partial charge in [0, 0.05) is 38.1 Å². The number of hydrogen-bond donors (Lipinski definition) is 2. The van der Waals surface area contributed by atoms with Crippen molar-refractivity contribution < 1.29 is 52.9 Å². The summed E-state index contributed by atoms with van der Waals surface area (Å²) in [5.74, 6) is -4.00. The van der Waals surface area contributed by atoms with Gasteiger partial charge in [-0.05, 0) is 13.0 Å². The first kappa shape index (κ1) is 27.4. The van der Waals surface area contributed by atoms with Gasteiger partial charge in [0.1, 0.15) is 24.3 Å². The Morgan fingerprint density at radius 2 is 1.65 bits per heavy atom. The van der Waals surface area contributed by atoms with Crippen LogP contribution in [0.4, 0.5) is 5.69 Å². The van der Waals surface area contributed by atoms with Gasteiger partial charge in [0.25, 0.3) is 5.69 Å². The molecule has 5 atom stereocenters. The van der Waals surface area contributed by atoms with Crippen molar-refractivity contribution in [2.45, 2.75) is 58.3 Å². The number of rotatable bonds is 7. The first-order chi connectivity index (χ1) is 17.3. The van der Waals surface area contributed by atoms with Crippen molar-refractivity contribution >= 4 is 35.2 Å². The smallest absolute Gasteiger partial charge is 0.303 e. The van der Waals surface area contributed by atoms with E-state index in [0.29, 0.717) is 0 Å². The number of nitrogens with zero attached hydrogens (tertiary/aromatic N) is 1. The highest BCUT2D eigenvalue weighted by atomic mass is 16.7. The number of ketones is 2. The lowest BCUT2D eigenvalue weighted by molar-refractivity contribution is -0.385. The molecule has 0 amide bonds. The van der Waals surface area contributed by atoms with Crippen molar-refractivity contribution in [1.82, 2.24) is 5.32 Å². The van der Waals surface area contributed by atoms with Crippen molar-refractivity contribution in [2.24, 2.45) is 0 Å². The Bertz CT molecular complexity index is 1210. The van der Waals surface area contributed by atoms with Crippen molar-refractivity contribution in [3.8, 4) is 0 Å². The van der Waals surface area contributed by atoms with Gasteiger partial charge in [-0.25, -0.2) is 0 Å². The second-order valence-corrected chi connectivity index (χ2v) is 8.30. The molecule has 1 aliphatic heterocycles. The van der Waals surface area contributed by atoms with Crippen LogP contribution < -0.4 is 5.32 Å². The fraction of sp³-hybridized carbons (Fsp3) is 0.435. The summed E-state index contributed by atoms with van der Waals surface area (Å²) < 4.78 is 21.0. The lowest BCUT2D eigenvalue weighted by atomic mass is 9.95. The van der Waals surface area contributed by atoms with E-state index in [1.54, 1.807) is 0 Å². The minimum Gasteiger partial charge on any atom is -0.463 e. The van der Waals surface area contributed by atoms with E-state index in [2.05, 4.69) is 5.32 Å². The lowest BCUT2D eigenvalue weighted by Gasteiger charge is -2.44. The van der Waals surface area contributed by atoms with E-state index in [0.717, 1.165) is 26.8 Å². The highest BCUT2D eigenvalue weighted by Crippen LogP contribution is 2.35. The number of benzene rings is 1. The van der Waals surface area contributed by atoms with Gasteiger partial charge in [0.15, 0.2) is 24.3 Å². The van der Waals surface area contributed by atoms with Crippen LogP contribution in [0, 0.1) is 10.1 Å². The molecule has 2 N–H and O–H groups in total. The van der Waals surface area contributed by atoms with E-state index >= 15 is 0 Å². The van der Waals surface area contributed by atoms with E-state index in [4.69, 9.17) is 18.9 Å². The highest BCUT2D eigenvalue weighted by molar-refractivity contribution is 6.40. The predicted molar refractivity (Wildman–Crippen MR) is 120 cm³/mol. The van der Waals surface area contributed by atoms with Crippen molar-refractivity contribution in [3.63, 3.8) is 0 Å². The molecule has 1 heterocycles. The number of aliphatic hydroxyl groups is 1. The Morgan fingerprint density at radius 3 is 2.22 bits per heavy atom. The molecule has 0 aromatic heterocycles. The summed E-state index contributed by atoms with van der Waals surface area (Å²) in [6.45, 7) is 4.13. The molecular formula is C23H24N2O12. The normalized spacial score (nSPS) is 26.1. The van der Waals surface area contributed by atoms with Crippen LogP contribution in [0.2, 0.25) is 0 Å². The summed E-state index contributed by atoms with van der Waals surface area (Å²) in [5, 5.41) is 24.8. The molecular weight excluding hydrogens is 496 g/mol. The highest BCUT2D eigenvalue weighted by Gasteiger charge is 2.50. The summed E-state index contributed by atoms with van der Waals surface area (Å²) in [7, 11) is 0. The van der Waals surface area contributed by atoms with E-state index in [-0.39, 0.29) is 16.8 Å². The fourth-order valence-electron chi connectivity index (χ4n) is 4.22. The summed E-state index contributed by atoms with van der Waals surface area (Å²) in [5.41, 5.74) is -1.61. The largest absolute Gasteiger partial charge is 0.463 e. The minimum absolute atomic E-state index is 0.106. The zero-order valence-corrected chi connectivity index (χ0v) is 20.2. The molecule has 198 valence electrons. The number of Topliss-reactive ketones (excluding diaryl/α,β-unsaturated/α-hetero) is 2. The molecule has 1 fully saturated rings. The molecule has 0 saturated carbocycles. The number of nitrogens with one attached hydrogen (secondary N) is 1. The number of carbonyl (C=O) groups is 5. The number of aliphatic hydroxyl groups excluding tert-OH is 1. The lowest BCUT2D eigenvalue weighted by Crippen LogP contribution is -2.65. The summed E-state index contributed by atoms with van der Waals surface area (Å²) in [6, 6.07) is 2.27. The molecule has 14 nitrogen and oxygen atoms in total. The Balaban J connectivity index is 2.00. The van der Waals surface area contributed by atoms with Crippen LogP contribution in [0.3, 0.4) is 0 Å². The standard InChI is InChI=1S/C23H24N2O12/c1-9(16-19(29)13-6-5-7-14(25(32)33)17(13)20(16)30)24-18-22(36-12(4)28)21(35-11(3)27)15(37-23(18)31)8-34-10(2)26/h5-7,15,18,21-24,31H,8H2,1-4H3/t15-,18+,21-,22-,23+/m1/s1. The number of carbonyl (C=O) groups excluding carboxylic acids is 5. The summed E-state index contributed by atoms with van der Waals surface area (Å²) in [6.07, 6.45) is -5.80. The molecule has 0 spiro atoms. The third-order valence-electron chi connectivity index (χ3n) is 5.64. The minimum atomic E-state index is -1.77. The molecule has 14 heteroatoms. The average molecular weight is 520 g/mol. The Labute approximate surface area is 209 Å². The van der Waals surface area contributed by atoms with Gasteiger partial charge < -0.3 is 29.4 Å². The Kier molecular flexibility index (Phi) is 8.03. The second-order valence-electron chi connectivity index (χ2n) is 8.30. The molecule has 3 rings (SSSR count). The first-order valence-electron chi connectivity index (χ1n) is 11.0. The van der Waals surface area contributed by atoms with Gasteiger partial charge in [-0.1, -0.05) is 6.07 Å². The van der Waals surface area contributed by atoms with Gasteiger partial charge in [0.2, 0.25) is 5.78 Å². The van der Waals surface area contributed by atoms with Gasteiger partial charge in [-0.2, -0.15) is 0 Å². The van der Waals surface area contributed by atoms with Crippen LogP contribution in [0.15, 0.2) is 29.5 Å². The van der Waals surface area contributed by atoms with Crippen LogP contribution in [0.1, 0.15) is 48.4 Å². The quantitative estimate of drug-likeness (QED) is 0.125. The van der Waals surface area contributed by atoms with Crippen LogP contribution >= 0.6 is 0 Å². The van der Waals surface area contributed by atoms with Gasteiger partial charge in [0.05, 0.1) is 10.5 Å². The number of nitro benzene ring substituents is 1. The molecule has 1 saturated heterocycles. The Hall–Kier alpha value is -4.17. The van der Waals surface area contributed by atoms with Crippen molar-refractivity contribution in [1.29, 1.82) is 0 Å². The summed E-state index contributed by atoms with van der Waals surface area (Å²) >= 11 is 0. The zero-order chi connectivity index (χ0) is 27.6. The predicted octanol–water partition coefficient (Wildman–Crippen LogP) is 0.350. The van der Waals surface area contributed by atoms with Gasteiger partial charge in [-0.3, -0.25) is 34.1 Å². The van der Waals surface area contributed by atoms with Crippen molar-refractivity contribution in [3.05, 3.63) is 50.7 Å². The SMILES string of the molecule is CC(=O)OC[C@H]1O[C@H](O)[C@@H](NC(C)=C2C(=O)c3cccc([N+](=O)[O-])c3C2=O)[C@@H](OC(C)=O)[C@@H]1OC(C)=O. The number of allylic oxidation sites excluding steroid dienone is 2. The topological polar surface area (TPSA) is 198 Å². The van der Waals surface area contributed by atoms with Crippen LogP contribution in [0.25, 0.3) is 0 Å². The number of nitro groups is 1. The average Bonchev–Trinajstić information content (AvgIpc) is 3.06. The van der Waals surface area contributed by atoms with Gasteiger partial charge in [-0.15, -0.1) is 0 Å². The van der Waals surface area contributed by atoms with Gasteiger partial charge >= 0.3 is 17.9 Å². The third kappa shape index (κ3) is 5.65. The molecule has 2 aliphatic rings. The molecule has 0 unspecified atom stereocenters. The van der Waals surface area contributed by atoms with Crippen LogP contribution in [-0.4, -0.2) is 76.8 Å². The van der Waals surface area contributed by atoms with Crippen molar-refractivity contribution in [2.75, 3.05) is 6.61 Å². The monoisotopic (exact) mass is 520 g/mol. The molecule has 1 aromatic carbocycles. The third-order valence-corrected chi connectivity index (χ3v) is 5.64. The van der Waals surface area contributed by atoms with E-state index < -0.39 is 82.9 Å². The molecule has 0 bridgehead atoms. The maximum absolute atomic E-state index is 13.0. The summed E-state index contributed by atoms with van der Waals surface area (Å²) in [4.78, 5) is 71.6. The molecule has 37 heavy (non-hydrogen) atoms. The maximum atomic E-state index is 13.0. The maximum Gasteiger partial charge on any atom is 0.303 e. The number of esters is 3. The number of ether oxygens (including phenoxy) is 4. The number of fused-ring (bicyclic) bond motifs is 1. The Morgan fingerprint density at radius 1 is 1.03 bits per heavy atom. The van der Waals surface area contributed by atoms with Crippen LogP contribution in [0.5, 0.6) is 0 Å². The second kappa shape index (κ2) is 10.8. The molecule has 0 radical (unpaired) electrons. The van der Waals surface area contributed by atoms with E-state index in [9.17, 15) is 39.2 Å². The number of hydrogen-bond acceptors (Lipinski definition) is 13. The molecule has 1 aliphatic carbocycles. The van der Waals surface area contributed by atoms with E-state index in [1.807, 2.05) is 0 Å². The molecule has 1 aromatic rings. The zero-order valence-electron chi connectivity index (χ0n) is 20.2. The van der Waals surface area contributed by atoms with Crippen LogP contribution in [-0.2, 0) is 33.3 Å². The van der Waals surface area contributed by atoms with E-state index in [1.165, 1.54) is 19.1 Å². The first-order valence-corrected chi connectivity index (χ1v) is 11.0. The fourth-order valence-corrected chi connectivity index (χ4v) is 4.22.